The number of pyridine rings is 1. The number of alkyl halides is 3. The molecule has 178 valence electrons. The van der Waals surface area contributed by atoms with Crippen molar-refractivity contribution in [1.82, 2.24) is 24.6 Å². The van der Waals surface area contributed by atoms with Gasteiger partial charge in [0.2, 0.25) is 5.88 Å². The molecule has 0 aliphatic carbocycles. The highest BCUT2D eigenvalue weighted by Crippen LogP contribution is 2.30. The molecule has 0 spiro atoms. The number of aromatic carboxylic acids is 1. The second-order valence-electron chi connectivity index (χ2n) is 7.60. The number of halogens is 3. The van der Waals surface area contributed by atoms with Gasteiger partial charge in [0.05, 0.1) is 0 Å². The molecule has 0 atom stereocenters. The van der Waals surface area contributed by atoms with E-state index < -0.39 is 23.9 Å². The Labute approximate surface area is 192 Å². The van der Waals surface area contributed by atoms with Crippen LogP contribution in [0.4, 0.5) is 18.0 Å². The number of aromatic nitrogens is 3. The first-order chi connectivity index (χ1) is 16.2. The van der Waals surface area contributed by atoms with Crippen molar-refractivity contribution < 1.29 is 32.6 Å². The Morgan fingerprint density at radius 2 is 1.76 bits per heavy atom. The molecule has 0 unspecified atom stereocenters. The summed E-state index contributed by atoms with van der Waals surface area (Å²) in [6.45, 7) is 2.59. The molecule has 0 radical (unpaired) electrons. The third-order valence-electron chi connectivity index (χ3n) is 5.19. The van der Waals surface area contributed by atoms with Gasteiger partial charge in [0.15, 0.2) is 5.69 Å². The zero-order chi connectivity index (χ0) is 24.3. The third-order valence-corrected chi connectivity index (χ3v) is 5.19. The number of hydrogen-bond acceptors (Lipinski definition) is 6. The second-order valence-corrected chi connectivity index (χ2v) is 7.60. The Morgan fingerprint density at radius 1 is 1.03 bits per heavy atom. The average Bonchev–Trinajstić information content (AvgIpc) is 3.30. The van der Waals surface area contributed by atoms with Gasteiger partial charge < -0.3 is 14.7 Å². The second kappa shape index (κ2) is 9.51. The smallest absolute Gasteiger partial charge is 0.433 e. The Balaban J connectivity index is 1.33. The summed E-state index contributed by atoms with van der Waals surface area (Å²) in [7, 11) is 0. The number of ether oxygens (including phenoxy) is 1. The largest absolute Gasteiger partial charge is 0.476 e. The number of amides is 1. The van der Waals surface area contributed by atoms with Crippen LogP contribution in [0, 0.1) is 0 Å². The maximum atomic E-state index is 12.9. The summed E-state index contributed by atoms with van der Waals surface area (Å²) < 4.78 is 45.1. The van der Waals surface area contributed by atoms with Crippen molar-refractivity contribution in [1.29, 1.82) is 0 Å². The monoisotopic (exact) mass is 475 g/mol. The van der Waals surface area contributed by atoms with Gasteiger partial charge in [0.1, 0.15) is 11.4 Å². The highest BCUT2D eigenvalue weighted by atomic mass is 19.4. The number of benzene rings is 1. The molecule has 1 amide bonds. The van der Waals surface area contributed by atoms with E-state index in [-0.39, 0.29) is 11.6 Å². The minimum atomic E-state index is -4.55. The van der Waals surface area contributed by atoms with E-state index in [1.54, 1.807) is 23.1 Å². The standard InChI is InChI=1S/C22H20F3N5O4/c23-22(24,25)18-5-2-6-19(26-18)34-16-4-1-3-15(13-16)14-28-9-11-29(12-10-28)21(33)30-8-7-17(27-30)20(31)32/h1-8,13H,9-12,14H2,(H,31,32). The Bertz CT molecular complexity index is 1190. The Morgan fingerprint density at radius 3 is 2.44 bits per heavy atom. The van der Waals surface area contributed by atoms with Gasteiger partial charge in [-0.2, -0.15) is 23.0 Å². The SMILES string of the molecule is O=C(O)c1ccn(C(=O)N2CCN(Cc3cccc(Oc4cccc(C(F)(F)F)n4)c3)CC2)n1. The minimum absolute atomic E-state index is 0.149. The number of carbonyl (C=O) groups is 2. The minimum Gasteiger partial charge on any atom is -0.476 e. The van der Waals surface area contributed by atoms with Crippen molar-refractivity contribution in [2.75, 3.05) is 26.2 Å². The van der Waals surface area contributed by atoms with E-state index in [4.69, 9.17) is 9.84 Å². The van der Waals surface area contributed by atoms with Crippen LogP contribution in [0.3, 0.4) is 0 Å². The quantitative estimate of drug-likeness (QED) is 0.602. The molecule has 2 aromatic heterocycles. The Hall–Kier alpha value is -3.93. The predicted molar refractivity (Wildman–Crippen MR) is 113 cm³/mol. The lowest BCUT2D eigenvalue weighted by Gasteiger charge is -2.34. The molecule has 0 saturated carbocycles. The van der Waals surface area contributed by atoms with Gasteiger partial charge in [-0.25, -0.2) is 14.6 Å². The summed E-state index contributed by atoms with van der Waals surface area (Å²) in [6, 6.07) is 11.3. The topological polar surface area (TPSA) is 101 Å². The van der Waals surface area contributed by atoms with E-state index in [1.807, 2.05) is 6.07 Å². The number of carboxylic acids is 1. The summed E-state index contributed by atoms with van der Waals surface area (Å²) in [4.78, 5) is 30.7. The molecule has 3 aromatic rings. The van der Waals surface area contributed by atoms with E-state index in [0.717, 1.165) is 16.3 Å². The van der Waals surface area contributed by atoms with Gasteiger partial charge in [-0.3, -0.25) is 4.90 Å². The van der Waals surface area contributed by atoms with Crippen molar-refractivity contribution in [3.05, 3.63) is 71.7 Å². The summed E-state index contributed by atoms with van der Waals surface area (Å²) in [5.41, 5.74) is -0.334. The molecular weight excluding hydrogens is 455 g/mol. The number of carboxylic acid groups (broad SMARTS) is 1. The van der Waals surface area contributed by atoms with Crippen LogP contribution in [-0.2, 0) is 12.7 Å². The molecule has 1 saturated heterocycles. The van der Waals surface area contributed by atoms with E-state index in [0.29, 0.717) is 38.5 Å². The first-order valence-corrected chi connectivity index (χ1v) is 10.3. The van der Waals surface area contributed by atoms with Crippen LogP contribution in [0.25, 0.3) is 0 Å². The maximum absolute atomic E-state index is 12.9. The fraction of sp³-hybridized carbons (Fsp3) is 0.273. The molecule has 9 nitrogen and oxygen atoms in total. The van der Waals surface area contributed by atoms with Crippen molar-refractivity contribution in [3.63, 3.8) is 0 Å². The maximum Gasteiger partial charge on any atom is 0.433 e. The van der Waals surface area contributed by atoms with Crippen LogP contribution < -0.4 is 4.74 Å². The fourth-order valence-electron chi connectivity index (χ4n) is 3.50. The van der Waals surface area contributed by atoms with Gasteiger partial charge in [0.25, 0.3) is 0 Å². The van der Waals surface area contributed by atoms with Crippen molar-refractivity contribution in [2.24, 2.45) is 0 Å². The molecule has 3 heterocycles. The number of carbonyl (C=O) groups excluding carboxylic acids is 1. The zero-order valence-corrected chi connectivity index (χ0v) is 17.8. The number of rotatable bonds is 5. The van der Waals surface area contributed by atoms with Crippen molar-refractivity contribution in [2.45, 2.75) is 12.7 Å². The predicted octanol–water partition coefficient (Wildman–Crippen LogP) is 3.57. The molecule has 1 aromatic carbocycles. The lowest BCUT2D eigenvalue weighted by atomic mass is 10.2. The third kappa shape index (κ3) is 5.52. The number of hydrogen-bond donors (Lipinski definition) is 1. The molecular formula is C22H20F3N5O4. The van der Waals surface area contributed by atoms with Crippen LogP contribution in [0.2, 0.25) is 0 Å². The Kier molecular flexibility index (Phi) is 6.50. The fourth-order valence-corrected chi connectivity index (χ4v) is 3.50. The highest BCUT2D eigenvalue weighted by Gasteiger charge is 2.32. The number of nitrogens with zero attached hydrogens (tertiary/aromatic N) is 5. The van der Waals surface area contributed by atoms with Crippen LogP contribution >= 0.6 is 0 Å². The van der Waals surface area contributed by atoms with Crippen LogP contribution in [0.15, 0.2) is 54.7 Å². The molecule has 1 fully saturated rings. The molecule has 12 heteroatoms. The van der Waals surface area contributed by atoms with Gasteiger partial charge in [-0.15, -0.1) is 0 Å². The van der Waals surface area contributed by atoms with Gasteiger partial charge >= 0.3 is 18.2 Å². The van der Waals surface area contributed by atoms with Gasteiger partial charge in [-0.05, 0) is 29.8 Å². The molecule has 1 aliphatic heterocycles. The van der Waals surface area contributed by atoms with E-state index in [2.05, 4.69) is 15.0 Å². The summed E-state index contributed by atoms with van der Waals surface area (Å²) in [5, 5.41) is 12.7. The molecule has 1 aliphatic rings. The summed E-state index contributed by atoms with van der Waals surface area (Å²) >= 11 is 0. The molecule has 1 N–H and O–H groups in total. The van der Waals surface area contributed by atoms with Crippen molar-refractivity contribution in [3.8, 4) is 11.6 Å². The van der Waals surface area contributed by atoms with Gasteiger partial charge in [-0.1, -0.05) is 18.2 Å². The highest BCUT2D eigenvalue weighted by molar-refractivity contribution is 5.86. The summed E-state index contributed by atoms with van der Waals surface area (Å²) in [5.74, 6) is -0.985. The van der Waals surface area contributed by atoms with Crippen LogP contribution in [0.5, 0.6) is 11.6 Å². The first-order valence-electron chi connectivity index (χ1n) is 10.3. The normalized spacial score (nSPS) is 14.7. The van der Waals surface area contributed by atoms with Gasteiger partial charge in [0, 0.05) is 45.0 Å². The first kappa shape index (κ1) is 23.2. The van der Waals surface area contributed by atoms with E-state index in [1.165, 1.54) is 24.4 Å². The lowest BCUT2D eigenvalue weighted by Crippen LogP contribution is -2.49. The lowest BCUT2D eigenvalue weighted by molar-refractivity contribution is -0.141. The molecule has 0 bridgehead atoms. The number of piperazine rings is 1. The molecule has 4 rings (SSSR count). The van der Waals surface area contributed by atoms with E-state index >= 15 is 0 Å². The van der Waals surface area contributed by atoms with E-state index in [9.17, 15) is 22.8 Å². The molecule has 34 heavy (non-hydrogen) atoms. The van der Waals surface area contributed by atoms with Crippen molar-refractivity contribution >= 4 is 12.0 Å². The summed E-state index contributed by atoms with van der Waals surface area (Å²) in [6.07, 6.45) is -3.23. The van der Waals surface area contributed by atoms with Crippen LogP contribution in [0.1, 0.15) is 21.7 Å². The zero-order valence-electron chi connectivity index (χ0n) is 17.8. The average molecular weight is 475 g/mol. The van der Waals surface area contributed by atoms with Crippen LogP contribution in [-0.4, -0.2) is 67.9 Å².